The normalized spacial score (nSPS) is 11.3. The number of nitrogens with one attached hydrogen (secondary N) is 1. The van der Waals surface area contributed by atoms with Crippen LogP contribution >= 0.6 is 12.2 Å². The first-order valence-electron chi connectivity index (χ1n) is 6.41. The maximum absolute atomic E-state index is 5.51. The molecule has 4 heteroatoms. The summed E-state index contributed by atoms with van der Waals surface area (Å²) in [7, 11) is 0. The van der Waals surface area contributed by atoms with Crippen LogP contribution in [0.5, 0.6) is 0 Å². The Kier molecular flexibility index (Phi) is 5.54. The zero-order valence-electron chi connectivity index (χ0n) is 11.6. The number of hydrogen-bond donors (Lipinski definition) is 2. The lowest BCUT2D eigenvalue weighted by Crippen LogP contribution is -2.24. The summed E-state index contributed by atoms with van der Waals surface area (Å²) in [6.07, 6.45) is 1.78. The number of anilines is 1. The third-order valence-electron chi connectivity index (χ3n) is 3.27. The second kappa shape index (κ2) is 6.69. The standard InChI is InChI=1S/C14H23N3S/c1-9(2)12(10(3)4)8-16-11-5-6-13(14(15)18)17-7-11/h5-7,9-10,12,16H,8H2,1-4H3,(H2,15,18). The molecule has 0 fully saturated rings. The van der Waals surface area contributed by atoms with Gasteiger partial charge in [-0.1, -0.05) is 39.9 Å². The van der Waals surface area contributed by atoms with E-state index in [9.17, 15) is 0 Å². The van der Waals surface area contributed by atoms with Crippen molar-refractivity contribution in [1.82, 2.24) is 4.98 Å². The van der Waals surface area contributed by atoms with Gasteiger partial charge in [0.05, 0.1) is 17.6 Å². The molecule has 0 saturated heterocycles. The molecule has 1 aromatic rings. The SMILES string of the molecule is CC(C)C(CNc1ccc(C(N)=S)nc1)C(C)C. The quantitative estimate of drug-likeness (QED) is 0.776. The Morgan fingerprint density at radius 3 is 2.28 bits per heavy atom. The van der Waals surface area contributed by atoms with Crippen LogP contribution in [0.25, 0.3) is 0 Å². The highest BCUT2D eigenvalue weighted by Crippen LogP contribution is 2.21. The molecule has 0 bridgehead atoms. The van der Waals surface area contributed by atoms with Crippen LogP contribution in [-0.2, 0) is 0 Å². The van der Waals surface area contributed by atoms with Gasteiger partial charge in [0.2, 0.25) is 0 Å². The molecule has 0 amide bonds. The van der Waals surface area contributed by atoms with Crippen molar-refractivity contribution in [2.24, 2.45) is 23.5 Å². The second-order valence-electron chi connectivity index (χ2n) is 5.33. The largest absolute Gasteiger partial charge is 0.388 e. The minimum absolute atomic E-state index is 0.337. The molecule has 0 aliphatic heterocycles. The molecule has 18 heavy (non-hydrogen) atoms. The number of nitrogens with two attached hydrogens (primary N) is 1. The summed E-state index contributed by atoms with van der Waals surface area (Å²) in [6, 6.07) is 3.82. The van der Waals surface area contributed by atoms with E-state index in [4.69, 9.17) is 18.0 Å². The van der Waals surface area contributed by atoms with Crippen molar-refractivity contribution in [2.45, 2.75) is 27.7 Å². The van der Waals surface area contributed by atoms with Crippen molar-refractivity contribution in [1.29, 1.82) is 0 Å². The fourth-order valence-corrected chi connectivity index (χ4v) is 2.24. The smallest absolute Gasteiger partial charge is 0.122 e. The Labute approximate surface area is 115 Å². The highest BCUT2D eigenvalue weighted by molar-refractivity contribution is 7.80. The minimum atomic E-state index is 0.337. The molecule has 0 radical (unpaired) electrons. The monoisotopic (exact) mass is 265 g/mol. The summed E-state index contributed by atoms with van der Waals surface area (Å²) in [4.78, 5) is 4.55. The van der Waals surface area contributed by atoms with Crippen LogP contribution in [0.3, 0.4) is 0 Å². The van der Waals surface area contributed by atoms with E-state index in [0.29, 0.717) is 28.4 Å². The van der Waals surface area contributed by atoms with Gasteiger partial charge in [0.25, 0.3) is 0 Å². The van der Waals surface area contributed by atoms with E-state index in [2.05, 4.69) is 38.0 Å². The van der Waals surface area contributed by atoms with Crippen molar-refractivity contribution < 1.29 is 0 Å². The Hall–Kier alpha value is -1.16. The summed E-state index contributed by atoms with van der Waals surface area (Å²) < 4.78 is 0. The van der Waals surface area contributed by atoms with Gasteiger partial charge in [-0.15, -0.1) is 0 Å². The Bertz CT molecular complexity index is 377. The van der Waals surface area contributed by atoms with Crippen molar-refractivity contribution in [3.8, 4) is 0 Å². The summed E-state index contributed by atoms with van der Waals surface area (Å²) in [5.41, 5.74) is 7.20. The van der Waals surface area contributed by atoms with Crippen LogP contribution in [0.1, 0.15) is 33.4 Å². The number of nitrogens with zero attached hydrogens (tertiary/aromatic N) is 1. The number of aromatic nitrogens is 1. The van der Waals surface area contributed by atoms with E-state index in [-0.39, 0.29) is 0 Å². The van der Waals surface area contributed by atoms with Crippen LogP contribution in [0.2, 0.25) is 0 Å². The number of thiocarbonyl (C=S) groups is 1. The summed E-state index contributed by atoms with van der Waals surface area (Å²) in [5, 5.41) is 3.43. The average molecular weight is 265 g/mol. The summed E-state index contributed by atoms with van der Waals surface area (Å²) >= 11 is 4.87. The van der Waals surface area contributed by atoms with Gasteiger partial charge in [-0.25, -0.2) is 0 Å². The number of hydrogen-bond acceptors (Lipinski definition) is 3. The molecular weight excluding hydrogens is 242 g/mol. The molecule has 3 nitrogen and oxygen atoms in total. The first kappa shape index (κ1) is 14.9. The maximum atomic E-state index is 5.51. The fourth-order valence-electron chi connectivity index (χ4n) is 2.12. The van der Waals surface area contributed by atoms with Crippen LogP contribution in [0, 0.1) is 17.8 Å². The molecule has 0 aliphatic carbocycles. The van der Waals surface area contributed by atoms with E-state index < -0.39 is 0 Å². The Balaban J connectivity index is 2.60. The van der Waals surface area contributed by atoms with E-state index >= 15 is 0 Å². The molecular formula is C14H23N3S. The molecule has 3 N–H and O–H groups in total. The lowest BCUT2D eigenvalue weighted by atomic mass is 9.85. The zero-order valence-corrected chi connectivity index (χ0v) is 12.4. The van der Waals surface area contributed by atoms with E-state index in [0.717, 1.165) is 12.2 Å². The van der Waals surface area contributed by atoms with Crippen molar-refractivity contribution >= 4 is 22.9 Å². The molecule has 0 atom stereocenters. The minimum Gasteiger partial charge on any atom is -0.388 e. The lowest BCUT2D eigenvalue weighted by molar-refractivity contribution is 0.304. The summed E-state index contributed by atoms with van der Waals surface area (Å²) in [5.74, 6) is 1.99. The van der Waals surface area contributed by atoms with Crippen LogP contribution < -0.4 is 11.1 Å². The molecule has 1 aromatic heterocycles. The molecule has 0 aromatic carbocycles. The van der Waals surface area contributed by atoms with Gasteiger partial charge >= 0.3 is 0 Å². The van der Waals surface area contributed by atoms with Gasteiger partial charge in [0.1, 0.15) is 4.99 Å². The van der Waals surface area contributed by atoms with Gasteiger partial charge in [-0.3, -0.25) is 4.98 Å². The van der Waals surface area contributed by atoms with E-state index in [1.54, 1.807) is 6.20 Å². The van der Waals surface area contributed by atoms with E-state index in [1.165, 1.54) is 0 Å². The number of pyridine rings is 1. The van der Waals surface area contributed by atoms with Gasteiger partial charge in [0, 0.05) is 6.54 Å². The highest BCUT2D eigenvalue weighted by Gasteiger charge is 2.16. The predicted octanol–water partition coefficient (Wildman–Crippen LogP) is 3.06. The fraction of sp³-hybridized carbons (Fsp3) is 0.571. The molecule has 0 aliphatic rings. The first-order chi connectivity index (χ1) is 8.41. The predicted molar refractivity (Wildman–Crippen MR) is 81.8 cm³/mol. The molecule has 1 heterocycles. The molecule has 100 valence electrons. The molecule has 0 saturated carbocycles. The van der Waals surface area contributed by atoms with Gasteiger partial charge < -0.3 is 11.1 Å². The third kappa shape index (κ3) is 4.26. The third-order valence-corrected chi connectivity index (χ3v) is 3.48. The molecule has 0 spiro atoms. The van der Waals surface area contributed by atoms with Crippen molar-refractivity contribution in [2.75, 3.05) is 11.9 Å². The van der Waals surface area contributed by atoms with Gasteiger partial charge in [-0.2, -0.15) is 0 Å². The van der Waals surface area contributed by atoms with E-state index in [1.807, 2.05) is 12.1 Å². The average Bonchev–Trinajstić information content (AvgIpc) is 2.28. The van der Waals surface area contributed by atoms with Gasteiger partial charge in [0.15, 0.2) is 0 Å². The molecule has 1 rings (SSSR count). The Morgan fingerprint density at radius 2 is 1.89 bits per heavy atom. The number of rotatable bonds is 6. The first-order valence-corrected chi connectivity index (χ1v) is 6.82. The van der Waals surface area contributed by atoms with Crippen molar-refractivity contribution in [3.63, 3.8) is 0 Å². The van der Waals surface area contributed by atoms with Crippen LogP contribution in [-0.4, -0.2) is 16.5 Å². The topological polar surface area (TPSA) is 50.9 Å². The maximum Gasteiger partial charge on any atom is 0.122 e. The second-order valence-corrected chi connectivity index (χ2v) is 5.77. The lowest BCUT2D eigenvalue weighted by Gasteiger charge is -2.25. The zero-order chi connectivity index (χ0) is 13.7. The van der Waals surface area contributed by atoms with Crippen LogP contribution in [0.15, 0.2) is 18.3 Å². The van der Waals surface area contributed by atoms with Crippen LogP contribution in [0.4, 0.5) is 5.69 Å². The Morgan fingerprint density at radius 1 is 1.28 bits per heavy atom. The molecule has 0 unspecified atom stereocenters. The van der Waals surface area contributed by atoms with Crippen molar-refractivity contribution in [3.05, 3.63) is 24.0 Å². The van der Waals surface area contributed by atoms with Gasteiger partial charge in [-0.05, 0) is 29.9 Å². The highest BCUT2D eigenvalue weighted by atomic mass is 32.1. The summed E-state index contributed by atoms with van der Waals surface area (Å²) in [6.45, 7) is 10.0.